The summed E-state index contributed by atoms with van der Waals surface area (Å²) in [4.78, 5) is 22.2. The van der Waals surface area contributed by atoms with E-state index in [2.05, 4.69) is 5.32 Å². The lowest BCUT2D eigenvalue weighted by Gasteiger charge is -2.20. The fourth-order valence-electron chi connectivity index (χ4n) is 2.66. The lowest BCUT2D eigenvalue weighted by molar-refractivity contribution is -0.384. The topological polar surface area (TPSA) is 72.2 Å². The van der Waals surface area contributed by atoms with Gasteiger partial charge in [0.1, 0.15) is 5.02 Å². The number of nitrogens with zero attached hydrogens (tertiary/aromatic N) is 1. The van der Waals surface area contributed by atoms with Crippen molar-refractivity contribution in [3.05, 3.63) is 38.9 Å². The minimum absolute atomic E-state index is 0.0174. The van der Waals surface area contributed by atoms with Crippen LogP contribution < -0.4 is 5.32 Å². The lowest BCUT2D eigenvalue weighted by Crippen LogP contribution is -2.37. The third kappa shape index (κ3) is 3.28. The maximum absolute atomic E-state index is 12.1. The molecule has 0 bridgehead atoms. The highest BCUT2D eigenvalue weighted by molar-refractivity contribution is 6.33. The summed E-state index contributed by atoms with van der Waals surface area (Å²) in [6.07, 6.45) is 4.72. The number of rotatable bonds is 4. The van der Waals surface area contributed by atoms with Crippen LogP contribution >= 0.6 is 11.6 Å². The number of amides is 1. The molecule has 1 atom stereocenters. The molecule has 108 valence electrons. The molecule has 0 saturated heterocycles. The molecule has 1 amide bonds. The Hall–Kier alpha value is -1.62. The predicted octanol–water partition coefficient (Wildman–Crippen LogP) is 3.56. The lowest BCUT2D eigenvalue weighted by atomic mass is 9.99. The number of nitro benzene ring substituents is 1. The summed E-state index contributed by atoms with van der Waals surface area (Å²) >= 11 is 5.81. The molecule has 1 aliphatic rings. The summed E-state index contributed by atoms with van der Waals surface area (Å²) in [6, 6.07) is 4.15. The van der Waals surface area contributed by atoms with Crippen molar-refractivity contribution < 1.29 is 9.72 Å². The smallest absolute Gasteiger partial charge is 0.287 e. The Balaban J connectivity index is 2.05. The van der Waals surface area contributed by atoms with Crippen LogP contribution in [0.1, 0.15) is 43.0 Å². The minimum atomic E-state index is -0.564. The molecule has 0 heterocycles. The molecule has 1 unspecified atom stereocenters. The number of nitrogens with one attached hydrogen (secondary N) is 1. The first kappa shape index (κ1) is 14.8. The van der Waals surface area contributed by atoms with E-state index < -0.39 is 4.92 Å². The van der Waals surface area contributed by atoms with Gasteiger partial charge < -0.3 is 5.32 Å². The molecule has 5 nitrogen and oxygen atoms in total. The van der Waals surface area contributed by atoms with Crippen molar-refractivity contribution in [2.75, 3.05) is 0 Å². The van der Waals surface area contributed by atoms with E-state index in [1.54, 1.807) is 0 Å². The SMILES string of the molecule is CC(NC(=O)c1ccc([N+](=O)[O-])c(Cl)c1)C1CCCC1. The quantitative estimate of drug-likeness (QED) is 0.682. The van der Waals surface area contributed by atoms with Crippen molar-refractivity contribution >= 4 is 23.2 Å². The van der Waals surface area contributed by atoms with Crippen LogP contribution in [0.5, 0.6) is 0 Å². The molecule has 0 radical (unpaired) electrons. The predicted molar refractivity (Wildman–Crippen MR) is 77.0 cm³/mol. The maximum atomic E-state index is 12.1. The molecule has 1 aromatic rings. The van der Waals surface area contributed by atoms with E-state index in [0.717, 1.165) is 12.8 Å². The van der Waals surface area contributed by atoms with Gasteiger partial charge in [-0.05, 0) is 37.8 Å². The molecule has 20 heavy (non-hydrogen) atoms. The van der Waals surface area contributed by atoms with Gasteiger partial charge in [-0.3, -0.25) is 14.9 Å². The highest BCUT2D eigenvalue weighted by Crippen LogP contribution is 2.28. The van der Waals surface area contributed by atoms with E-state index in [1.807, 2.05) is 6.92 Å². The average Bonchev–Trinajstić information content (AvgIpc) is 2.91. The van der Waals surface area contributed by atoms with Crippen LogP contribution in [0.3, 0.4) is 0 Å². The van der Waals surface area contributed by atoms with Gasteiger partial charge in [0.25, 0.3) is 11.6 Å². The van der Waals surface area contributed by atoms with Crippen LogP contribution in [-0.2, 0) is 0 Å². The highest BCUT2D eigenvalue weighted by Gasteiger charge is 2.23. The second-order valence-electron chi connectivity index (χ2n) is 5.23. The number of halogens is 1. The summed E-state index contributed by atoms with van der Waals surface area (Å²) in [6.45, 7) is 2.00. The Labute approximate surface area is 122 Å². The van der Waals surface area contributed by atoms with Gasteiger partial charge in [-0.1, -0.05) is 24.4 Å². The number of hydrogen-bond donors (Lipinski definition) is 1. The molecule has 1 fully saturated rings. The molecular weight excluding hydrogens is 280 g/mol. The van der Waals surface area contributed by atoms with E-state index in [0.29, 0.717) is 11.5 Å². The molecule has 0 spiro atoms. The van der Waals surface area contributed by atoms with Gasteiger partial charge in [0.15, 0.2) is 0 Å². The largest absolute Gasteiger partial charge is 0.349 e. The van der Waals surface area contributed by atoms with E-state index in [1.165, 1.54) is 31.0 Å². The Morgan fingerprint density at radius 2 is 2.10 bits per heavy atom. The Kier molecular flexibility index (Phi) is 4.60. The summed E-state index contributed by atoms with van der Waals surface area (Å²) in [5.41, 5.74) is 0.164. The fourth-order valence-corrected chi connectivity index (χ4v) is 2.91. The Morgan fingerprint density at radius 1 is 1.45 bits per heavy atom. The van der Waals surface area contributed by atoms with Gasteiger partial charge in [-0.15, -0.1) is 0 Å². The number of nitro groups is 1. The van der Waals surface area contributed by atoms with Crippen molar-refractivity contribution in [3.63, 3.8) is 0 Å². The molecule has 0 aliphatic heterocycles. The first-order valence-electron chi connectivity index (χ1n) is 6.74. The van der Waals surface area contributed by atoms with Gasteiger partial charge >= 0.3 is 0 Å². The van der Waals surface area contributed by atoms with Crippen LogP contribution in [0.25, 0.3) is 0 Å². The number of benzene rings is 1. The molecule has 1 N–H and O–H groups in total. The number of carbonyl (C=O) groups is 1. The van der Waals surface area contributed by atoms with Crippen LogP contribution in [-0.4, -0.2) is 16.9 Å². The third-order valence-corrected chi connectivity index (χ3v) is 4.18. The zero-order valence-corrected chi connectivity index (χ0v) is 12.0. The van der Waals surface area contributed by atoms with Crippen molar-refractivity contribution in [1.29, 1.82) is 0 Å². The minimum Gasteiger partial charge on any atom is -0.349 e. The van der Waals surface area contributed by atoms with E-state index in [4.69, 9.17) is 11.6 Å². The van der Waals surface area contributed by atoms with Crippen LogP contribution in [0.15, 0.2) is 18.2 Å². The summed E-state index contributed by atoms with van der Waals surface area (Å²) < 4.78 is 0. The zero-order valence-electron chi connectivity index (χ0n) is 11.3. The maximum Gasteiger partial charge on any atom is 0.287 e. The van der Waals surface area contributed by atoms with E-state index in [-0.39, 0.29) is 22.7 Å². The van der Waals surface area contributed by atoms with Crippen molar-refractivity contribution in [3.8, 4) is 0 Å². The molecule has 0 aromatic heterocycles. The second-order valence-corrected chi connectivity index (χ2v) is 5.64. The molecule has 1 aromatic carbocycles. The summed E-state index contributed by atoms with van der Waals surface area (Å²) in [5.74, 6) is 0.286. The van der Waals surface area contributed by atoms with Gasteiger partial charge in [0.05, 0.1) is 4.92 Å². The summed E-state index contributed by atoms with van der Waals surface area (Å²) in [7, 11) is 0. The summed E-state index contributed by atoms with van der Waals surface area (Å²) in [5, 5.41) is 13.6. The molecule has 6 heteroatoms. The van der Waals surface area contributed by atoms with Crippen molar-refractivity contribution in [2.24, 2.45) is 5.92 Å². The fraction of sp³-hybridized carbons (Fsp3) is 0.500. The van der Waals surface area contributed by atoms with Crippen molar-refractivity contribution in [1.82, 2.24) is 5.32 Å². The zero-order chi connectivity index (χ0) is 14.7. The first-order chi connectivity index (χ1) is 9.49. The molecule has 2 rings (SSSR count). The standard InChI is InChI=1S/C14H17ClN2O3/c1-9(10-4-2-3-5-10)16-14(18)11-6-7-13(17(19)20)12(15)8-11/h6-10H,2-5H2,1H3,(H,16,18). The van der Waals surface area contributed by atoms with Gasteiger partial charge in [0, 0.05) is 17.7 Å². The third-order valence-electron chi connectivity index (χ3n) is 3.87. The Morgan fingerprint density at radius 3 is 2.65 bits per heavy atom. The van der Waals surface area contributed by atoms with E-state index >= 15 is 0 Å². The van der Waals surface area contributed by atoms with Gasteiger partial charge in [-0.25, -0.2) is 0 Å². The van der Waals surface area contributed by atoms with Gasteiger partial charge in [-0.2, -0.15) is 0 Å². The van der Waals surface area contributed by atoms with Crippen LogP contribution in [0.2, 0.25) is 5.02 Å². The van der Waals surface area contributed by atoms with E-state index in [9.17, 15) is 14.9 Å². The molecule has 1 aliphatic carbocycles. The number of carbonyl (C=O) groups excluding carboxylic acids is 1. The Bertz CT molecular complexity index is 527. The van der Waals surface area contributed by atoms with Crippen molar-refractivity contribution in [2.45, 2.75) is 38.6 Å². The second kappa shape index (κ2) is 6.22. The highest BCUT2D eigenvalue weighted by atomic mass is 35.5. The van der Waals surface area contributed by atoms with Crippen LogP contribution in [0, 0.1) is 16.0 Å². The number of hydrogen-bond acceptors (Lipinski definition) is 3. The molecule has 1 saturated carbocycles. The first-order valence-corrected chi connectivity index (χ1v) is 7.11. The van der Waals surface area contributed by atoms with Crippen LogP contribution in [0.4, 0.5) is 5.69 Å². The van der Waals surface area contributed by atoms with Gasteiger partial charge in [0.2, 0.25) is 0 Å². The molecular formula is C14H17ClN2O3. The average molecular weight is 297 g/mol. The normalized spacial score (nSPS) is 16.9. The monoisotopic (exact) mass is 296 g/mol.